The summed E-state index contributed by atoms with van der Waals surface area (Å²) in [7, 11) is 1.64. The molecule has 0 radical (unpaired) electrons. The first-order valence-electron chi connectivity index (χ1n) is 7.43. The molecule has 0 aromatic heterocycles. The van der Waals surface area contributed by atoms with Crippen LogP contribution in [0.5, 0.6) is 5.75 Å². The minimum Gasteiger partial charge on any atom is -0.497 e. The second-order valence-electron chi connectivity index (χ2n) is 5.48. The van der Waals surface area contributed by atoms with E-state index in [0.29, 0.717) is 18.1 Å². The van der Waals surface area contributed by atoms with Crippen LogP contribution in [0.2, 0.25) is 5.02 Å². The van der Waals surface area contributed by atoms with Crippen molar-refractivity contribution in [1.29, 1.82) is 0 Å². The first-order chi connectivity index (χ1) is 11.2. The number of carbonyl (C=O) groups excluding carboxylic acids is 1. The van der Waals surface area contributed by atoms with Gasteiger partial charge < -0.3 is 14.4 Å². The molecule has 1 saturated heterocycles. The topological polar surface area (TPSA) is 38.8 Å². The Balaban J connectivity index is 1.71. The lowest BCUT2D eigenvalue weighted by Gasteiger charge is -2.33. The number of halogens is 1. The van der Waals surface area contributed by atoms with Gasteiger partial charge in [0, 0.05) is 11.6 Å². The number of morpholine rings is 1. The molecule has 1 aliphatic rings. The summed E-state index contributed by atoms with van der Waals surface area (Å²) in [6.07, 6.45) is -0.148. The van der Waals surface area contributed by atoms with E-state index in [9.17, 15) is 4.79 Å². The van der Waals surface area contributed by atoms with Crippen LogP contribution in [0.15, 0.2) is 48.5 Å². The van der Waals surface area contributed by atoms with E-state index in [2.05, 4.69) is 0 Å². The van der Waals surface area contributed by atoms with Crippen molar-refractivity contribution in [2.24, 2.45) is 0 Å². The number of carbonyl (C=O) groups is 1. The summed E-state index contributed by atoms with van der Waals surface area (Å²) in [5.41, 5.74) is 2.05. The molecule has 1 atom stereocenters. The Bertz CT molecular complexity index is 687. The van der Waals surface area contributed by atoms with Gasteiger partial charge in [0.1, 0.15) is 18.5 Å². The zero-order chi connectivity index (χ0) is 16.2. The molecule has 2 aromatic rings. The lowest BCUT2D eigenvalue weighted by Crippen LogP contribution is -2.42. The number of nitrogens with zero attached hydrogens (tertiary/aromatic N) is 1. The largest absolute Gasteiger partial charge is 0.497 e. The Kier molecular flexibility index (Phi) is 4.84. The van der Waals surface area contributed by atoms with Gasteiger partial charge in [-0.05, 0) is 35.4 Å². The number of ether oxygens (including phenoxy) is 2. The third-order valence-electron chi connectivity index (χ3n) is 3.90. The van der Waals surface area contributed by atoms with Crippen molar-refractivity contribution in [2.45, 2.75) is 12.6 Å². The monoisotopic (exact) mass is 331 g/mol. The van der Waals surface area contributed by atoms with Crippen molar-refractivity contribution in [3.8, 4) is 5.75 Å². The standard InChI is InChI=1S/C18H18ClNO3/c1-22-16-7-5-13(6-8-16)10-20-11-17(23-12-18(20)21)14-3-2-4-15(19)9-14/h2-9,17H,10-12H2,1H3. The molecule has 0 N–H and O–H groups in total. The van der Waals surface area contributed by atoms with Crippen molar-refractivity contribution in [3.63, 3.8) is 0 Å². The second kappa shape index (κ2) is 7.02. The minimum absolute atomic E-state index is 0.000837. The summed E-state index contributed by atoms with van der Waals surface area (Å²) in [5, 5.41) is 0.671. The van der Waals surface area contributed by atoms with E-state index in [1.165, 1.54) is 0 Å². The Morgan fingerprint density at radius 1 is 1.26 bits per heavy atom. The molecule has 0 saturated carbocycles. The highest BCUT2D eigenvalue weighted by molar-refractivity contribution is 6.30. The molecule has 1 heterocycles. The quantitative estimate of drug-likeness (QED) is 0.861. The number of hydrogen-bond donors (Lipinski definition) is 0. The van der Waals surface area contributed by atoms with Crippen molar-refractivity contribution >= 4 is 17.5 Å². The molecule has 1 unspecified atom stereocenters. The minimum atomic E-state index is -0.148. The molecule has 1 fully saturated rings. The van der Waals surface area contributed by atoms with E-state index < -0.39 is 0 Å². The summed E-state index contributed by atoms with van der Waals surface area (Å²) < 4.78 is 10.8. The van der Waals surface area contributed by atoms with Crippen LogP contribution in [0.25, 0.3) is 0 Å². The lowest BCUT2D eigenvalue weighted by atomic mass is 10.1. The van der Waals surface area contributed by atoms with Gasteiger partial charge in [0.25, 0.3) is 0 Å². The molecule has 5 heteroatoms. The highest BCUT2D eigenvalue weighted by atomic mass is 35.5. The average Bonchev–Trinajstić information content (AvgIpc) is 2.57. The fourth-order valence-electron chi connectivity index (χ4n) is 2.63. The summed E-state index contributed by atoms with van der Waals surface area (Å²) >= 11 is 6.04. The molecule has 1 aliphatic heterocycles. The second-order valence-corrected chi connectivity index (χ2v) is 5.91. The Labute approximate surface area is 140 Å². The lowest BCUT2D eigenvalue weighted by molar-refractivity contribution is -0.150. The Hall–Kier alpha value is -2.04. The molecule has 2 aromatic carbocycles. The third kappa shape index (κ3) is 3.84. The molecule has 4 nitrogen and oxygen atoms in total. The predicted octanol–water partition coefficient (Wildman–Crippen LogP) is 3.45. The number of benzene rings is 2. The van der Waals surface area contributed by atoms with Gasteiger partial charge in [-0.1, -0.05) is 35.9 Å². The van der Waals surface area contributed by atoms with Crippen LogP contribution in [0.4, 0.5) is 0 Å². The molecule has 23 heavy (non-hydrogen) atoms. The highest BCUT2D eigenvalue weighted by Crippen LogP contribution is 2.26. The van der Waals surface area contributed by atoms with E-state index in [-0.39, 0.29) is 18.6 Å². The van der Waals surface area contributed by atoms with E-state index in [1.54, 1.807) is 7.11 Å². The van der Waals surface area contributed by atoms with E-state index in [4.69, 9.17) is 21.1 Å². The molecule has 0 aliphatic carbocycles. The van der Waals surface area contributed by atoms with Crippen molar-refractivity contribution < 1.29 is 14.3 Å². The zero-order valence-electron chi connectivity index (χ0n) is 12.9. The number of rotatable bonds is 4. The number of methoxy groups -OCH3 is 1. The van der Waals surface area contributed by atoms with Gasteiger partial charge in [0.05, 0.1) is 13.7 Å². The fraction of sp³-hybridized carbons (Fsp3) is 0.278. The van der Waals surface area contributed by atoms with Gasteiger partial charge >= 0.3 is 0 Å². The van der Waals surface area contributed by atoms with Gasteiger partial charge in [-0.3, -0.25) is 4.79 Å². The van der Waals surface area contributed by atoms with Crippen LogP contribution in [0.1, 0.15) is 17.2 Å². The van der Waals surface area contributed by atoms with Crippen LogP contribution in [-0.4, -0.2) is 31.1 Å². The SMILES string of the molecule is COc1ccc(CN2CC(c3cccc(Cl)c3)OCC2=O)cc1. The van der Waals surface area contributed by atoms with Gasteiger partial charge in [-0.15, -0.1) is 0 Å². The van der Waals surface area contributed by atoms with Gasteiger partial charge in [0.2, 0.25) is 5.91 Å². The van der Waals surface area contributed by atoms with Crippen LogP contribution >= 0.6 is 11.6 Å². The summed E-state index contributed by atoms with van der Waals surface area (Å²) in [5.74, 6) is 0.804. The van der Waals surface area contributed by atoms with E-state index >= 15 is 0 Å². The summed E-state index contributed by atoms with van der Waals surface area (Å²) in [6.45, 7) is 1.17. The van der Waals surface area contributed by atoms with Gasteiger partial charge in [0.15, 0.2) is 0 Å². The van der Waals surface area contributed by atoms with Crippen LogP contribution in [0.3, 0.4) is 0 Å². The Morgan fingerprint density at radius 2 is 2.04 bits per heavy atom. The maximum atomic E-state index is 12.1. The maximum Gasteiger partial charge on any atom is 0.249 e. The summed E-state index contributed by atoms with van der Waals surface area (Å²) in [6, 6.07) is 15.3. The predicted molar refractivity (Wildman–Crippen MR) is 88.6 cm³/mol. The van der Waals surface area contributed by atoms with Crippen molar-refractivity contribution in [3.05, 3.63) is 64.7 Å². The van der Waals surface area contributed by atoms with Crippen LogP contribution in [-0.2, 0) is 16.1 Å². The van der Waals surface area contributed by atoms with Gasteiger partial charge in [-0.2, -0.15) is 0 Å². The fourth-order valence-corrected chi connectivity index (χ4v) is 2.83. The summed E-state index contributed by atoms with van der Waals surface area (Å²) in [4.78, 5) is 13.9. The molecule has 0 spiro atoms. The molecule has 120 valence electrons. The smallest absolute Gasteiger partial charge is 0.249 e. The Morgan fingerprint density at radius 3 is 2.74 bits per heavy atom. The first kappa shape index (κ1) is 15.8. The maximum absolute atomic E-state index is 12.1. The van der Waals surface area contributed by atoms with Crippen molar-refractivity contribution in [2.75, 3.05) is 20.3 Å². The first-order valence-corrected chi connectivity index (χ1v) is 7.81. The van der Waals surface area contributed by atoms with Crippen LogP contribution in [0, 0.1) is 0 Å². The molecule has 3 rings (SSSR count). The zero-order valence-corrected chi connectivity index (χ0v) is 13.6. The number of hydrogen-bond acceptors (Lipinski definition) is 3. The molecule has 1 amide bonds. The van der Waals surface area contributed by atoms with E-state index in [0.717, 1.165) is 16.9 Å². The molecular formula is C18H18ClNO3. The van der Waals surface area contributed by atoms with Crippen LogP contribution < -0.4 is 4.74 Å². The third-order valence-corrected chi connectivity index (χ3v) is 4.13. The molecule has 0 bridgehead atoms. The van der Waals surface area contributed by atoms with E-state index in [1.807, 2.05) is 53.4 Å². The van der Waals surface area contributed by atoms with Gasteiger partial charge in [-0.25, -0.2) is 0 Å². The average molecular weight is 332 g/mol. The highest BCUT2D eigenvalue weighted by Gasteiger charge is 2.27. The number of amides is 1. The normalized spacial score (nSPS) is 18.1. The van der Waals surface area contributed by atoms with Crippen molar-refractivity contribution in [1.82, 2.24) is 4.90 Å². The molecular weight excluding hydrogens is 314 g/mol.